The van der Waals surface area contributed by atoms with E-state index >= 15 is 0 Å². The molecule has 1 heteroatoms. The number of hydrogen-bond acceptors (Lipinski definition) is 1. The van der Waals surface area contributed by atoms with Gasteiger partial charge in [0, 0.05) is 6.97 Å². The Morgan fingerprint density at radius 3 is 1.93 bits per heavy atom. The lowest BCUT2D eigenvalue weighted by Crippen LogP contribution is -2.40. The maximum Gasteiger partial charge on any atom is 0.0231 e. The largest absolute Gasteiger partial charge is 0.314 e. The summed E-state index contributed by atoms with van der Waals surface area (Å²) in [5, 5.41) is 3.39. The Labute approximate surface area is 89.0 Å². The Morgan fingerprint density at radius 2 is 1.57 bits per heavy atom. The number of fused-ring (bicyclic) bond motifs is 1. The SMILES string of the molecule is CC.CNC1(C)Cc2ccccc2C1.[HH]. The summed E-state index contributed by atoms with van der Waals surface area (Å²) in [6, 6.07) is 8.72. The zero-order chi connectivity index (χ0) is 10.6. The van der Waals surface area contributed by atoms with E-state index in [1.54, 1.807) is 0 Å². The van der Waals surface area contributed by atoms with Gasteiger partial charge in [-0.05, 0) is 37.9 Å². The van der Waals surface area contributed by atoms with E-state index in [-0.39, 0.29) is 1.43 Å². The molecule has 0 spiro atoms. The van der Waals surface area contributed by atoms with Crippen molar-refractivity contribution in [1.82, 2.24) is 5.32 Å². The van der Waals surface area contributed by atoms with Crippen molar-refractivity contribution in [3.8, 4) is 0 Å². The van der Waals surface area contributed by atoms with Crippen LogP contribution in [-0.4, -0.2) is 12.6 Å². The predicted molar refractivity (Wildman–Crippen MR) is 64.8 cm³/mol. The van der Waals surface area contributed by atoms with Crippen LogP contribution in [0.15, 0.2) is 24.3 Å². The highest BCUT2D eigenvalue weighted by Crippen LogP contribution is 2.28. The van der Waals surface area contributed by atoms with Gasteiger partial charge in [0.15, 0.2) is 0 Å². The topological polar surface area (TPSA) is 12.0 Å². The second kappa shape index (κ2) is 4.61. The van der Waals surface area contributed by atoms with Gasteiger partial charge in [0.1, 0.15) is 0 Å². The fourth-order valence-corrected chi connectivity index (χ4v) is 1.98. The van der Waals surface area contributed by atoms with Crippen LogP contribution in [0.5, 0.6) is 0 Å². The molecule has 0 saturated carbocycles. The van der Waals surface area contributed by atoms with Crippen LogP contribution in [0, 0.1) is 0 Å². The van der Waals surface area contributed by atoms with Crippen molar-refractivity contribution in [3.05, 3.63) is 35.4 Å². The predicted octanol–water partition coefficient (Wildman–Crippen LogP) is 3.04. The second-order valence-electron chi connectivity index (χ2n) is 3.93. The molecule has 0 saturated heterocycles. The first-order valence-corrected chi connectivity index (χ1v) is 5.49. The lowest BCUT2D eigenvalue weighted by Gasteiger charge is -2.22. The molecule has 0 unspecified atom stereocenters. The maximum absolute atomic E-state index is 3.39. The molecule has 1 aliphatic rings. The Balaban J connectivity index is 0.000000617. The Hall–Kier alpha value is -0.820. The van der Waals surface area contributed by atoms with Crippen LogP contribution in [0.1, 0.15) is 33.3 Å². The Morgan fingerprint density at radius 1 is 1.14 bits per heavy atom. The molecule has 0 amide bonds. The summed E-state index contributed by atoms with van der Waals surface area (Å²) in [4.78, 5) is 0. The van der Waals surface area contributed by atoms with Crippen LogP contribution in [0.4, 0.5) is 0 Å². The molecule has 0 aromatic heterocycles. The number of hydrogen-bond donors (Lipinski definition) is 1. The van der Waals surface area contributed by atoms with Crippen molar-refractivity contribution in [2.45, 2.75) is 39.2 Å². The first kappa shape index (κ1) is 11.3. The van der Waals surface area contributed by atoms with Gasteiger partial charge in [-0.25, -0.2) is 0 Å². The second-order valence-corrected chi connectivity index (χ2v) is 3.93. The third-order valence-electron chi connectivity index (χ3n) is 2.88. The standard InChI is InChI=1S/C11H15N.C2H6.H2/c1-11(12-2)7-9-5-3-4-6-10(9)8-11;1-2;/h3-6,12H,7-8H2,1-2H3;1-2H3;1H. The summed E-state index contributed by atoms with van der Waals surface area (Å²) >= 11 is 0. The summed E-state index contributed by atoms with van der Waals surface area (Å²) < 4.78 is 0. The van der Waals surface area contributed by atoms with Gasteiger partial charge < -0.3 is 5.32 Å². The number of likely N-dealkylation sites (N-methyl/N-ethyl adjacent to an activating group) is 1. The van der Waals surface area contributed by atoms with E-state index in [1.165, 1.54) is 24.0 Å². The summed E-state index contributed by atoms with van der Waals surface area (Å²) in [6.45, 7) is 6.28. The van der Waals surface area contributed by atoms with Crippen LogP contribution in [0.2, 0.25) is 0 Å². The van der Waals surface area contributed by atoms with Crippen molar-refractivity contribution in [3.63, 3.8) is 0 Å². The lowest BCUT2D eigenvalue weighted by molar-refractivity contribution is 0.406. The minimum atomic E-state index is 0. The molecule has 0 heterocycles. The van der Waals surface area contributed by atoms with E-state index in [4.69, 9.17) is 0 Å². The van der Waals surface area contributed by atoms with Crippen molar-refractivity contribution < 1.29 is 1.43 Å². The third-order valence-corrected chi connectivity index (χ3v) is 2.88. The van der Waals surface area contributed by atoms with E-state index < -0.39 is 0 Å². The van der Waals surface area contributed by atoms with Crippen LogP contribution in [0.3, 0.4) is 0 Å². The minimum absolute atomic E-state index is 0. The average Bonchev–Trinajstić information content (AvgIpc) is 2.58. The number of benzene rings is 1. The highest BCUT2D eigenvalue weighted by molar-refractivity contribution is 5.35. The van der Waals surface area contributed by atoms with Gasteiger partial charge in [0.2, 0.25) is 0 Å². The Kier molecular flexibility index (Phi) is 3.70. The van der Waals surface area contributed by atoms with Crippen LogP contribution >= 0.6 is 0 Å². The van der Waals surface area contributed by atoms with E-state index in [9.17, 15) is 0 Å². The average molecular weight is 193 g/mol. The molecule has 0 fully saturated rings. The normalized spacial score (nSPS) is 16.9. The fourth-order valence-electron chi connectivity index (χ4n) is 1.98. The van der Waals surface area contributed by atoms with Crippen molar-refractivity contribution in [2.24, 2.45) is 0 Å². The summed E-state index contributed by atoms with van der Waals surface area (Å²) in [6.07, 6.45) is 2.33. The van der Waals surface area contributed by atoms with Gasteiger partial charge in [-0.1, -0.05) is 38.1 Å². The zero-order valence-corrected chi connectivity index (χ0v) is 9.72. The van der Waals surface area contributed by atoms with Gasteiger partial charge in [-0.15, -0.1) is 0 Å². The summed E-state index contributed by atoms with van der Waals surface area (Å²) in [7, 11) is 2.05. The molecule has 1 nitrogen and oxygen atoms in total. The first-order chi connectivity index (χ1) is 6.73. The molecule has 1 N–H and O–H groups in total. The van der Waals surface area contributed by atoms with Gasteiger partial charge in [0.05, 0.1) is 0 Å². The molecule has 0 bridgehead atoms. The minimum Gasteiger partial charge on any atom is -0.314 e. The van der Waals surface area contributed by atoms with Crippen molar-refractivity contribution in [2.75, 3.05) is 7.05 Å². The van der Waals surface area contributed by atoms with E-state index in [1.807, 2.05) is 20.9 Å². The highest BCUT2D eigenvalue weighted by atomic mass is 14.9. The zero-order valence-electron chi connectivity index (χ0n) is 9.72. The number of nitrogens with one attached hydrogen (secondary N) is 1. The van der Waals surface area contributed by atoms with E-state index in [0.29, 0.717) is 5.54 Å². The molecule has 0 atom stereocenters. The summed E-state index contributed by atoms with van der Waals surface area (Å²) in [5.74, 6) is 0. The molecule has 14 heavy (non-hydrogen) atoms. The molecule has 2 rings (SSSR count). The van der Waals surface area contributed by atoms with Crippen LogP contribution in [0.25, 0.3) is 0 Å². The molecule has 1 aromatic rings. The molecule has 80 valence electrons. The molecule has 1 aliphatic carbocycles. The molecule has 0 radical (unpaired) electrons. The first-order valence-electron chi connectivity index (χ1n) is 5.49. The van der Waals surface area contributed by atoms with Crippen molar-refractivity contribution in [1.29, 1.82) is 0 Å². The third kappa shape index (κ3) is 2.16. The van der Waals surface area contributed by atoms with Gasteiger partial charge in [-0.3, -0.25) is 0 Å². The summed E-state index contributed by atoms with van der Waals surface area (Å²) in [5.41, 5.74) is 3.31. The fraction of sp³-hybridized carbons (Fsp3) is 0.538. The van der Waals surface area contributed by atoms with Crippen LogP contribution in [-0.2, 0) is 12.8 Å². The molecular formula is C13H23N. The Bertz CT molecular complexity index is 271. The smallest absolute Gasteiger partial charge is 0.0231 e. The molecule has 0 aliphatic heterocycles. The molecule has 1 aromatic carbocycles. The van der Waals surface area contributed by atoms with E-state index in [0.717, 1.165) is 0 Å². The van der Waals surface area contributed by atoms with E-state index in [2.05, 4.69) is 36.5 Å². The van der Waals surface area contributed by atoms with Crippen molar-refractivity contribution >= 4 is 0 Å². The van der Waals surface area contributed by atoms with Crippen LogP contribution < -0.4 is 5.32 Å². The van der Waals surface area contributed by atoms with Gasteiger partial charge in [-0.2, -0.15) is 0 Å². The van der Waals surface area contributed by atoms with Gasteiger partial charge >= 0.3 is 0 Å². The lowest BCUT2D eigenvalue weighted by atomic mass is 9.99. The van der Waals surface area contributed by atoms with Gasteiger partial charge in [0.25, 0.3) is 0 Å². The maximum atomic E-state index is 3.39. The molecular weight excluding hydrogens is 170 g/mol. The number of rotatable bonds is 1. The monoisotopic (exact) mass is 193 g/mol. The highest BCUT2D eigenvalue weighted by Gasteiger charge is 2.30. The quantitative estimate of drug-likeness (QED) is 0.723.